The third-order valence-corrected chi connectivity index (χ3v) is 9.09. The summed E-state index contributed by atoms with van der Waals surface area (Å²) in [7, 11) is 0. The van der Waals surface area contributed by atoms with Gasteiger partial charge in [0.05, 0.1) is 0 Å². The Hall–Kier alpha value is -3.92. The summed E-state index contributed by atoms with van der Waals surface area (Å²) in [5.74, 6) is 0. The SMILES string of the molecule is CCc1c(CC)c2oc1=C/C=c1\o/c(c(CC)c1CC)=C\C=c1/o/c(c(CC)c1CC)=C\C=c1\o/c(c(CC)c1CC)=C/C=2. The number of fused-ring (bicyclic) bond motifs is 8. The van der Waals surface area contributed by atoms with Crippen LogP contribution in [0.5, 0.6) is 0 Å². The van der Waals surface area contributed by atoms with Crippen molar-refractivity contribution in [1.29, 1.82) is 0 Å². The first-order valence-electron chi connectivity index (χ1n) is 16.8. The van der Waals surface area contributed by atoms with Crippen LogP contribution < -0.4 is 43.3 Å². The molecule has 0 saturated heterocycles. The maximum absolute atomic E-state index is 6.54. The van der Waals surface area contributed by atoms with Gasteiger partial charge < -0.3 is 17.7 Å². The molecule has 0 saturated carbocycles. The summed E-state index contributed by atoms with van der Waals surface area (Å²) < 4.78 is 26.2. The first-order chi connectivity index (χ1) is 21.5. The van der Waals surface area contributed by atoms with Crippen LogP contribution in [0.2, 0.25) is 0 Å². The molecule has 0 fully saturated rings. The van der Waals surface area contributed by atoms with Crippen molar-refractivity contribution in [3.63, 3.8) is 0 Å². The Morgan fingerprint density at radius 1 is 0.250 bits per heavy atom. The van der Waals surface area contributed by atoms with Gasteiger partial charge >= 0.3 is 0 Å². The Labute approximate surface area is 260 Å². The van der Waals surface area contributed by atoms with Gasteiger partial charge in [0.1, 0.15) is 43.3 Å². The van der Waals surface area contributed by atoms with E-state index in [0.717, 1.165) is 94.7 Å². The number of furan rings is 4. The molecule has 232 valence electrons. The van der Waals surface area contributed by atoms with Gasteiger partial charge in [-0.3, -0.25) is 0 Å². The molecule has 4 nitrogen and oxygen atoms in total. The van der Waals surface area contributed by atoms with Crippen molar-refractivity contribution < 1.29 is 17.7 Å². The van der Waals surface area contributed by atoms with Crippen LogP contribution in [0.3, 0.4) is 0 Å². The van der Waals surface area contributed by atoms with E-state index in [-0.39, 0.29) is 0 Å². The van der Waals surface area contributed by atoms with Gasteiger partial charge in [-0.05, 0) is 100.0 Å². The fourth-order valence-corrected chi connectivity index (χ4v) is 6.94. The number of hydrogen-bond acceptors (Lipinski definition) is 4. The maximum atomic E-state index is 6.54. The molecule has 0 aromatic carbocycles. The van der Waals surface area contributed by atoms with E-state index in [1.807, 2.05) is 0 Å². The summed E-state index contributed by atoms with van der Waals surface area (Å²) in [6.45, 7) is 17.6. The van der Waals surface area contributed by atoms with Crippen LogP contribution in [0.25, 0.3) is 48.6 Å². The van der Waals surface area contributed by atoms with Crippen molar-refractivity contribution in [2.45, 2.75) is 107 Å². The first kappa shape index (κ1) is 31.5. The molecule has 0 aliphatic carbocycles. The Kier molecular flexibility index (Phi) is 9.88. The van der Waals surface area contributed by atoms with Crippen molar-refractivity contribution in [3.8, 4) is 0 Å². The lowest BCUT2D eigenvalue weighted by Crippen LogP contribution is -2.07. The Balaban J connectivity index is 1.97. The molecule has 4 heteroatoms. The van der Waals surface area contributed by atoms with Gasteiger partial charge in [-0.2, -0.15) is 0 Å². The third kappa shape index (κ3) is 5.67. The quantitative estimate of drug-likeness (QED) is 0.311. The highest BCUT2D eigenvalue weighted by Crippen LogP contribution is 2.07. The molecule has 0 spiro atoms. The van der Waals surface area contributed by atoms with E-state index in [1.54, 1.807) is 0 Å². The maximum Gasteiger partial charge on any atom is 0.131 e. The molecule has 5 rings (SSSR count). The van der Waals surface area contributed by atoms with E-state index in [4.69, 9.17) is 17.7 Å². The second-order valence-electron chi connectivity index (χ2n) is 11.3. The Bertz CT molecular complexity index is 1690. The normalized spacial score (nSPS) is 17.5. The highest BCUT2D eigenvalue weighted by molar-refractivity contribution is 5.66. The van der Waals surface area contributed by atoms with Gasteiger partial charge in [0.25, 0.3) is 0 Å². The lowest BCUT2D eigenvalue weighted by atomic mass is 10.0. The molecule has 4 aromatic rings. The number of hydrogen-bond donors (Lipinski definition) is 0. The lowest BCUT2D eigenvalue weighted by Gasteiger charge is -1.96. The first-order valence-corrected chi connectivity index (χ1v) is 16.8. The van der Waals surface area contributed by atoms with Crippen LogP contribution in [-0.4, -0.2) is 0 Å². The van der Waals surface area contributed by atoms with Crippen molar-refractivity contribution in [3.05, 3.63) is 87.8 Å². The van der Waals surface area contributed by atoms with E-state index in [2.05, 4.69) is 104 Å². The van der Waals surface area contributed by atoms with Crippen LogP contribution in [0.15, 0.2) is 17.7 Å². The molecule has 4 aromatic heterocycles. The Morgan fingerprint density at radius 3 is 0.455 bits per heavy atom. The molecule has 0 N–H and O–H groups in total. The van der Waals surface area contributed by atoms with Gasteiger partial charge in [-0.1, -0.05) is 55.4 Å². The molecular weight excluding hydrogens is 544 g/mol. The molecule has 0 unspecified atom stereocenters. The standard InChI is InChI=1S/C40H48O4/c1-9-25-26(10-2)34-19-20-36-29(13-5)30(14-6)38(43-36)23-24-40-32(16-8)31(15-7)39(44-40)22-21-37-28(12-4)27(11-3)35(42-37)18-17-33(25)41-34/h17-24H,9-16H2,1-8H3/b18-17?,20-19?,22-21?,24-23?,33-17-,34-19-,35-18-,36-20+,37-21-,38-23+,39-22?,40-24?. The average Bonchev–Trinajstić information content (AvgIpc) is 3.77. The van der Waals surface area contributed by atoms with E-state index >= 15 is 0 Å². The van der Waals surface area contributed by atoms with Gasteiger partial charge in [0.2, 0.25) is 0 Å². The minimum atomic E-state index is 0.892. The molecular formula is C40H48O4. The molecule has 0 atom stereocenters. The van der Waals surface area contributed by atoms with Gasteiger partial charge in [-0.15, -0.1) is 0 Å². The molecule has 5 heterocycles. The second-order valence-corrected chi connectivity index (χ2v) is 11.3. The molecule has 1 aliphatic rings. The third-order valence-electron chi connectivity index (χ3n) is 9.09. The van der Waals surface area contributed by atoms with Crippen molar-refractivity contribution >= 4 is 48.6 Å². The van der Waals surface area contributed by atoms with Crippen LogP contribution in [-0.2, 0) is 51.4 Å². The second kappa shape index (κ2) is 13.8. The van der Waals surface area contributed by atoms with E-state index in [9.17, 15) is 0 Å². The topological polar surface area (TPSA) is 52.6 Å². The van der Waals surface area contributed by atoms with Crippen LogP contribution in [0, 0.1) is 0 Å². The fourth-order valence-electron chi connectivity index (χ4n) is 6.94. The summed E-state index contributed by atoms with van der Waals surface area (Å²) in [5.41, 5.74) is 17.1. The molecule has 0 radical (unpaired) electrons. The lowest BCUT2D eigenvalue weighted by molar-refractivity contribution is 0.490. The largest absolute Gasteiger partial charge is 0.457 e. The predicted octanol–water partition coefficient (Wildman–Crippen LogP) is 3.92. The van der Waals surface area contributed by atoms with E-state index in [1.165, 1.54) is 44.5 Å². The summed E-state index contributed by atoms with van der Waals surface area (Å²) in [5, 5.41) is 0. The van der Waals surface area contributed by atoms with Gasteiger partial charge in [-0.25, -0.2) is 0 Å². The van der Waals surface area contributed by atoms with Gasteiger partial charge in [0.15, 0.2) is 0 Å². The summed E-state index contributed by atoms with van der Waals surface area (Å²) in [4.78, 5) is 0. The zero-order valence-corrected chi connectivity index (χ0v) is 27.9. The molecule has 0 amide bonds. The van der Waals surface area contributed by atoms with Crippen LogP contribution >= 0.6 is 0 Å². The van der Waals surface area contributed by atoms with Gasteiger partial charge in [0, 0.05) is 44.5 Å². The zero-order valence-electron chi connectivity index (χ0n) is 27.9. The molecule has 44 heavy (non-hydrogen) atoms. The number of rotatable bonds is 8. The highest BCUT2D eigenvalue weighted by Gasteiger charge is 2.13. The molecule has 1 aliphatic heterocycles. The van der Waals surface area contributed by atoms with Crippen molar-refractivity contribution in [2.75, 3.05) is 0 Å². The Morgan fingerprint density at radius 2 is 0.364 bits per heavy atom. The monoisotopic (exact) mass is 592 g/mol. The van der Waals surface area contributed by atoms with Crippen LogP contribution in [0.1, 0.15) is 99.9 Å². The summed E-state index contributed by atoms with van der Waals surface area (Å²) in [6.07, 6.45) is 23.9. The van der Waals surface area contributed by atoms with Crippen LogP contribution in [0.4, 0.5) is 0 Å². The highest BCUT2D eigenvalue weighted by atomic mass is 16.3. The van der Waals surface area contributed by atoms with E-state index < -0.39 is 0 Å². The summed E-state index contributed by atoms with van der Waals surface area (Å²) in [6, 6.07) is 0. The van der Waals surface area contributed by atoms with Crippen molar-refractivity contribution in [2.24, 2.45) is 0 Å². The average molecular weight is 593 g/mol. The smallest absolute Gasteiger partial charge is 0.131 e. The summed E-state index contributed by atoms with van der Waals surface area (Å²) >= 11 is 0. The fraction of sp³-hybridized carbons (Fsp3) is 0.400. The predicted molar refractivity (Wildman–Crippen MR) is 183 cm³/mol. The molecule has 8 bridgehead atoms. The minimum Gasteiger partial charge on any atom is -0.457 e. The zero-order chi connectivity index (χ0) is 31.4. The van der Waals surface area contributed by atoms with E-state index in [0.29, 0.717) is 0 Å². The van der Waals surface area contributed by atoms with Crippen molar-refractivity contribution in [1.82, 2.24) is 0 Å². The minimum absolute atomic E-state index is 0.892.